The summed E-state index contributed by atoms with van der Waals surface area (Å²) < 4.78 is 5.16. The molecule has 154 valence electrons. The van der Waals surface area contributed by atoms with Crippen LogP contribution in [0.1, 0.15) is 27.3 Å². The number of nitrogen functional groups attached to an aromatic ring is 1. The number of aryl methyl sites for hydroxylation is 2. The minimum Gasteiger partial charge on any atom is -0.497 e. The van der Waals surface area contributed by atoms with Crippen molar-refractivity contribution in [1.82, 2.24) is 9.97 Å². The summed E-state index contributed by atoms with van der Waals surface area (Å²) in [7, 11) is 1.56. The SMILES string of the molecule is COc1cccc(NC(=O)c2cccc(NC(=O)Cc3c(C)nc(N)nc3C)c2)c1. The number of nitrogens with one attached hydrogen (secondary N) is 2. The fraction of sp³-hybridized carbons (Fsp3) is 0.182. The van der Waals surface area contributed by atoms with Crippen molar-refractivity contribution in [1.29, 1.82) is 0 Å². The lowest BCUT2D eigenvalue weighted by Gasteiger charge is -2.11. The second-order valence-corrected chi connectivity index (χ2v) is 6.72. The minimum atomic E-state index is -0.294. The van der Waals surface area contributed by atoms with E-state index in [-0.39, 0.29) is 24.2 Å². The minimum absolute atomic E-state index is 0.109. The number of rotatable bonds is 6. The van der Waals surface area contributed by atoms with Crippen LogP contribution in [-0.2, 0) is 11.2 Å². The molecule has 4 N–H and O–H groups in total. The molecule has 0 saturated carbocycles. The average Bonchev–Trinajstić information content (AvgIpc) is 2.71. The fourth-order valence-corrected chi connectivity index (χ4v) is 3.03. The lowest BCUT2D eigenvalue weighted by Crippen LogP contribution is -2.18. The van der Waals surface area contributed by atoms with E-state index in [4.69, 9.17) is 10.5 Å². The van der Waals surface area contributed by atoms with Gasteiger partial charge in [0.1, 0.15) is 5.75 Å². The Bertz CT molecular complexity index is 1070. The molecule has 8 heteroatoms. The Morgan fingerprint density at radius 3 is 2.27 bits per heavy atom. The number of nitrogens with two attached hydrogens (primary N) is 1. The number of aromatic nitrogens is 2. The first-order valence-corrected chi connectivity index (χ1v) is 9.30. The van der Waals surface area contributed by atoms with Crippen LogP contribution in [0.25, 0.3) is 0 Å². The standard InChI is InChI=1S/C22H23N5O3/c1-13-19(14(2)25-22(23)24-13)12-20(28)26-16-7-4-6-15(10-16)21(29)27-17-8-5-9-18(11-17)30-3/h4-11H,12H2,1-3H3,(H,26,28)(H,27,29)(H2,23,24,25). The summed E-state index contributed by atoms with van der Waals surface area (Å²) in [4.78, 5) is 33.3. The van der Waals surface area contributed by atoms with Crippen LogP contribution >= 0.6 is 0 Å². The van der Waals surface area contributed by atoms with Crippen molar-refractivity contribution in [3.05, 3.63) is 71.0 Å². The molecule has 3 rings (SSSR count). The van der Waals surface area contributed by atoms with Gasteiger partial charge in [0, 0.05) is 40.0 Å². The number of carbonyl (C=O) groups is 2. The molecule has 0 fully saturated rings. The first-order chi connectivity index (χ1) is 14.4. The molecule has 0 aliphatic carbocycles. The van der Waals surface area contributed by atoms with Gasteiger partial charge in [-0.2, -0.15) is 0 Å². The number of anilines is 3. The number of hydrogen-bond acceptors (Lipinski definition) is 6. The van der Waals surface area contributed by atoms with Crippen molar-refractivity contribution in [2.75, 3.05) is 23.5 Å². The molecule has 1 heterocycles. The van der Waals surface area contributed by atoms with Crippen LogP contribution in [0, 0.1) is 13.8 Å². The predicted molar refractivity (Wildman–Crippen MR) is 116 cm³/mol. The average molecular weight is 405 g/mol. The van der Waals surface area contributed by atoms with Gasteiger partial charge in [-0.3, -0.25) is 9.59 Å². The van der Waals surface area contributed by atoms with Gasteiger partial charge in [-0.15, -0.1) is 0 Å². The quantitative estimate of drug-likeness (QED) is 0.580. The van der Waals surface area contributed by atoms with Gasteiger partial charge in [-0.05, 0) is 44.2 Å². The molecule has 2 aromatic carbocycles. The van der Waals surface area contributed by atoms with E-state index in [2.05, 4.69) is 20.6 Å². The molecule has 30 heavy (non-hydrogen) atoms. The van der Waals surface area contributed by atoms with E-state index in [0.29, 0.717) is 34.1 Å². The zero-order chi connectivity index (χ0) is 21.7. The molecule has 0 bridgehead atoms. The Labute approximate surface area is 174 Å². The molecule has 0 aliphatic rings. The second kappa shape index (κ2) is 9.04. The molecule has 3 aromatic rings. The van der Waals surface area contributed by atoms with E-state index in [1.54, 1.807) is 69.5 Å². The van der Waals surface area contributed by atoms with Gasteiger partial charge in [-0.25, -0.2) is 9.97 Å². The monoisotopic (exact) mass is 405 g/mol. The number of methoxy groups -OCH3 is 1. The van der Waals surface area contributed by atoms with E-state index in [9.17, 15) is 9.59 Å². The Balaban J connectivity index is 1.69. The number of nitrogens with zero attached hydrogens (tertiary/aromatic N) is 2. The van der Waals surface area contributed by atoms with Crippen molar-refractivity contribution in [3.8, 4) is 5.75 Å². The highest BCUT2D eigenvalue weighted by atomic mass is 16.5. The van der Waals surface area contributed by atoms with E-state index in [0.717, 1.165) is 5.56 Å². The number of benzene rings is 2. The summed E-state index contributed by atoms with van der Waals surface area (Å²) in [6.07, 6.45) is 0.109. The van der Waals surface area contributed by atoms with Gasteiger partial charge in [0.15, 0.2) is 0 Å². The first-order valence-electron chi connectivity index (χ1n) is 9.30. The third-order valence-corrected chi connectivity index (χ3v) is 4.51. The Morgan fingerprint density at radius 1 is 0.967 bits per heavy atom. The summed E-state index contributed by atoms with van der Waals surface area (Å²) >= 11 is 0. The Morgan fingerprint density at radius 2 is 1.60 bits per heavy atom. The number of ether oxygens (including phenoxy) is 1. The molecule has 8 nitrogen and oxygen atoms in total. The number of carbonyl (C=O) groups excluding carboxylic acids is 2. The topological polar surface area (TPSA) is 119 Å². The highest BCUT2D eigenvalue weighted by Crippen LogP contribution is 2.19. The van der Waals surface area contributed by atoms with Crippen LogP contribution in [0.4, 0.5) is 17.3 Å². The lowest BCUT2D eigenvalue weighted by molar-refractivity contribution is -0.115. The van der Waals surface area contributed by atoms with Crippen molar-refractivity contribution in [3.63, 3.8) is 0 Å². The molecular weight excluding hydrogens is 382 g/mol. The van der Waals surface area contributed by atoms with Crippen LogP contribution in [0.2, 0.25) is 0 Å². The van der Waals surface area contributed by atoms with Gasteiger partial charge in [-0.1, -0.05) is 12.1 Å². The summed E-state index contributed by atoms with van der Waals surface area (Å²) in [6, 6.07) is 13.8. The zero-order valence-corrected chi connectivity index (χ0v) is 17.0. The van der Waals surface area contributed by atoms with Crippen LogP contribution < -0.4 is 21.1 Å². The number of amides is 2. The van der Waals surface area contributed by atoms with Crippen molar-refractivity contribution < 1.29 is 14.3 Å². The normalized spacial score (nSPS) is 10.4. The highest BCUT2D eigenvalue weighted by molar-refractivity contribution is 6.05. The molecule has 2 amide bonds. The third-order valence-electron chi connectivity index (χ3n) is 4.51. The van der Waals surface area contributed by atoms with Crippen LogP contribution in [-0.4, -0.2) is 28.9 Å². The predicted octanol–water partition coefficient (Wildman–Crippen LogP) is 3.12. The highest BCUT2D eigenvalue weighted by Gasteiger charge is 2.13. The van der Waals surface area contributed by atoms with Crippen molar-refractivity contribution >= 4 is 29.1 Å². The maximum absolute atomic E-state index is 12.6. The van der Waals surface area contributed by atoms with Crippen LogP contribution in [0.5, 0.6) is 5.75 Å². The van der Waals surface area contributed by atoms with E-state index in [1.165, 1.54) is 0 Å². The van der Waals surface area contributed by atoms with Gasteiger partial charge in [0.25, 0.3) is 5.91 Å². The number of hydrogen-bond donors (Lipinski definition) is 3. The molecule has 0 atom stereocenters. The molecule has 0 aliphatic heterocycles. The summed E-state index contributed by atoms with van der Waals surface area (Å²) in [5.41, 5.74) is 9.25. The van der Waals surface area contributed by atoms with Gasteiger partial charge in [0.05, 0.1) is 13.5 Å². The second-order valence-electron chi connectivity index (χ2n) is 6.72. The van der Waals surface area contributed by atoms with Crippen LogP contribution in [0.15, 0.2) is 48.5 Å². The lowest BCUT2D eigenvalue weighted by atomic mass is 10.1. The maximum atomic E-state index is 12.6. The summed E-state index contributed by atoms with van der Waals surface area (Å²) in [6.45, 7) is 3.58. The van der Waals surface area contributed by atoms with Gasteiger partial charge >= 0.3 is 0 Å². The Hall–Kier alpha value is -3.94. The van der Waals surface area contributed by atoms with E-state index >= 15 is 0 Å². The molecule has 0 saturated heterocycles. The molecule has 0 spiro atoms. The van der Waals surface area contributed by atoms with E-state index < -0.39 is 0 Å². The van der Waals surface area contributed by atoms with Gasteiger partial charge < -0.3 is 21.1 Å². The van der Waals surface area contributed by atoms with Crippen molar-refractivity contribution in [2.45, 2.75) is 20.3 Å². The van der Waals surface area contributed by atoms with Gasteiger partial charge in [0.2, 0.25) is 11.9 Å². The fourth-order valence-electron chi connectivity index (χ4n) is 3.03. The summed E-state index contributed by atoms with van der Waals surface area (Å²) in [5.74, 6) is 0.299. The van der Waals surface area contributed by atoms with Crippen molar-refractivity contribution in [2.24, 2.45) is 0 Å². The first kappa shape index (κ1) is 20.8. The molecular formula is C22H23N5O3. The third kappa shape index (κ3) is 5.11. The largest absolute Gasteiger partial charge is 0.497 e. The Kier molecular flexibility index (Phi) is 6.26. The zero-order valence-electron chi connectivity index (χ0n) is 17.0. The van der Waals surface area contributed by atoms with E-state index in [1.807, 2.05) is 0 Å². The molecule has 1 aromatic heterocycles. The smallest absolute Gasteiger partial charge is 0.255 e. The maximum Gasteiger partial charge on any atom is 0.255 e. The molecule has 0 unspecified atom stereocenters. The summed E-state index contributed by atoms with van der Waals surface area (Å²) in [5, 5.41) is 5.62. The van der Waals surface area contributed by atoms with Crippen LogP contribution in [0.3, 0.4) is 0 Å². The molecule has 0 radical (unpaired) electrons.